The summed E-state index contributed by atoms with van der Waals surface area (Å²) in [4.78, 5) is 22.9. The molecule has 2 N–H and O–H groups in total. The molecule has 0 spiro atoms. The highest BCUT2D eigenvalue weighted by Crippen LogP contribution is 2.20. The molecule has 0 saturated carbocycles. The molecule has 1 aliphatic rings. The molecule has 140 valence electrons. The SMILES string of the molecule is CCOC(=O)C1CCN(S(=O)(=O)NCC(CC(C)C)C(=O)O)CC1. The van der Waals surface area contributed by atoms with Gasteiger partial charge < -0.3 is 9.84 Å². The number of carboxylic acids is 1. The Kier molecular flexibility index (Phi) is 8.11. The second-order valence-electron chi connectivity index (χ2n) is 6.44. The Bertz CT molecular complexity index is 526. The van der Waals surface area contributed by atoms with Crippen LogP contribution in [0.25, 0.3) is 0 Å². The molecule has 1 aliphatic heterocycles. The van der Waals surface area contributed by atoms with Crippen molar-refractivity contribution >= 4 is 22.1 Å². The van der Waals surface area contributed by atoms with Crippen molar-refractivity contribution in [1.29, 1.82) is 0 Å². The molecule has 9 heteroatoms. The Balaban J connectivity index is 2.54. The predicted molar refractivity (Wildman–Crippen MR) is 88.4 cm³/mol. The van der Waals surface area contributed by atoms with Crippen molar-refractivity contribution in [2.75, 3.05) is 26.2 Å². The molecule has 0 aromatic rings. The summed E-state index contributed by atoms with van der Waals surface area (Å²) in [6, 6.07) is 0. The number of carbonyl (C=O) groups is 2. The average Bonchev–Trinajstić information content (AvgIpc) is 2.51. The van der Waals surface area contributed by atoms with Crippen LogP contribution in [0.2, 0.25) is 0 Å². The van der Waals surface area contributed by atoms with Gasteiger partial charge in [-0.05, 0) is 32.1 Å². The third-order valence-corrected chi connectivity index (χ3v) is 5.61. The largest absolute Gasteiger partial charge is 0.481 e. The lowest BCUT2D eigenvalue weighted by Gasteiger charge is -2.30. The van der Waals surface area contributed by atoms with Crippen LogP contribution in [0.5, 0.6) is 0 Å². The van der Waals surface area contributed by atoms with Gasteiger partial charge in [-0.2, -0.15) is 12.7 Å². The summed E-state index contributed by atoms with van der Waals surface area (Å²) in [5, 5.41) is 9.18. The first-order valence-electron chi connectivity index (χ1n) is 8.31. The highest BCUT2D eigenvalue weighted by Gasteiger charge is 2.32. The van der Waals surface area contributed by atoms with Crippen LogP contribution in [0.1, 0.15) is 40.0 Å². The van der Waals surface area contributed by atoms with Crippen LogP contribution < -0.4 is 4.72 Å². The third kappa shape index (κ3) is 6.37. The first-order valence-corrected chi connectivity index (χ1v) is 9.75. The van der Waals surface area contributed by atoms with E-state index >= 15 is 0 Å². The number of ether oxygens (including phenoxy) is 1. The fourth-order valence-corrected chi connectivity index (χ4v) is 4.02. The molecule has 24 heavy (non-hydrogen) atoms. The fourth-order valence-electron chi connectivity index (χ4n) is 2.73. The number of nitrogens with zero attached hydrogens (tertiary/aromatic N) is 1. The highest BCUT2D eigenvalue weighted by molar-refractivity contribution is 7.87. The topological polar surface area (TPSA) is 113 Å². The van der Waals surface area contributed by atoms with E-state index in [0.29, 0.717) is 25.9 Å². The van der Waals surface area contributed by atoms with Crippen molar-refractivity contribution in [2.24, 2.45) is 17.8 Å². The van der Waals surface area contributed by atoms with E-state index in [-0.39, 0.29) is 37.4 Å². The molecule has 1 unspecified atom stereocenters. The van der Waals surface area contributed by atoms with Gasteiger partial charge in [-0.15, -0.1) is 0 Å². The van der Waals surface area contributed by atoms with E-state index in [1.165, 1.54) is 4.31 Å². The highest BCUT2D eigenvalue weighted by atomic mass is 32.2. The molecule has 8 nitrogen and oxygen atoms in total. The van der Waals surface area contributed by atoms with Gasteiger partial charge in [0.2, 0.25) is 0 Å². The van der Waals surface area contributed by atoms with Crippen LogP contribution in [0.15, 0.2) is 0 Å². The predicted octanol–water partition coefficient (Wildman–Crippen LogP) is 0.843. The number of hydrogen-bond acceptors (Lipinski definition) is 5. The van der Waals surface area contributed by atoms with Gasteiger partial charge in [0.1, 0.15) is 0 Å². The lowest BCUT2D eigenvalue weighted by molar-refractivity contribution is -0.149. The minimum Gasteiger partial charge on any atom is -0.481 e. The molecule has 1 rings (SSSR count). The van der Waals surface area contributed by atoms with E-state index < -0.39 is 22.1 Å². The minimum absolute atomic E-state index is 0.131. The number of hydrogen-bond donors (Lipinski definition) is 2. The van der Waals surface area contributed by atoms with Gasteiger partial charge in [-0.25, -0.2) is 4.72 Å². The quantitative estimate of drug-likeness (QED) is 0.586. The summed E-state index contributed by atoms with van der Waals surface area (Å²) in [7, 11) is -3.74. The zero-order valence-corrected chi connectivity index (χ0v) is 15.3. The number of nitrogens with one attached hydrogen (secondary N) is 1. The number of aliphatic carboxylic acids is 1. The molecule has 1 fully saturated rings. The van der Waals surface area contributed by atoms with Gasteiger partial charge in [0.05, 0.1) is 18.4 Å². The Morgan fingerprint density at radius 2 is 1.88 bits per heavy atom. The van der Waals surface area contributed by atoms with Gasteiger partial charge in [0.15, 0.2) is 0 Å². The third-order valence-electron chi connectivity index (χ3n) is 4.03. The maximum absolute atomic E-state index is 12.3. The van der Waals surface area contributed by atoms with Gasteiger partial charge in [-0.1, -0.05) is 13.8 Å². The Morgan fingerprint density at radius 3 is 2.33 bits per heavy atom. The number of carboxylic acid groups (broad SMARTS) is 1. The van der Waals surface area contributed by atoms with E-state index in [2.05, 4.69) is 4.72 Å². The smallest absolute Gasteiger partial charge is 0.309 e. The summed E-state index contributed by atoms with van der Waals surface area (Å²) in [6.45, 7) is 6.15. The van der Waals surface area contributed by atoms with Crippen molar-refractivity contribution in [3.05, 3.63) is 0 Å². The van der Waals surface area contributed by atoms with Gasteiger partial charge >= 0.3 is 11.9 Å². The standard InChI is InChI=1S/C15H28N2O6S/c1-4-23-15(20)12-5-7-17(8-6-12)24(21,22)16-10-13(14(18)19)9-11(2)3/h11-13,16H,4-10H2,1-3H3,(H,18,19). The van der Waals surface area contributed by atoms with Crippen molar-refractivity contribution < 1.29 is 27.9 Å². The lowest BCUT2D eigenvalue weighted by atomic mass is 9.98. The molecule has 0 aromatic carbocycles. The average molecular weight is 364 g/mol. The molecule has 0 aromatic heterocycles. The summed E-state index contributed by atoms with van der Waals surface area (Å²) in [6.07, 6.45) is 1.23. The monoisotopic (exact) mass is 364 g/mol. The maximum Gasteiger partial charge on any atom is 0.309 e. The molecular weight excluding hydrogens is 336 g/mol. The van der Waals surface area contributed by atoms with E-state index in [0.717, 1.165) is 0 Å². The number of esters is 1. The summed E-state index contributed by atoms with van der Waals surface area (Å²) >= 11 is 0. The van der Waals surface area contributed by atoms with Crippen molar-refractivity contribution in [2.45, 2.75) is 40.0 Å². The zero-order valence-electron chi connectivity index (χ0n) is 14.5. The number of piperidine rings is 1. The summed E-state index contributed by atoms with van der Waals surface area (Å²) in [5.74, 6) is -2.16. The van der Waals surface area contributed by atoms with E-state index in [4.69, 9.17) is 4.74 Å². The van der Waals surface area contributed by atoms with E-state index in [9.17, 15) is 23.1 Å². The second kappa shape index (κ2) is 9.33. The molecule has 1 saturated heterocycles. The van der Waals surface area contributed by atoms with Crippen LogP contribution in [0.3, 0.4) is 0 Å². The zero-order chi connectivity index (χ0) is 18.3. The van der Waals surface area contributed by atoms with Crippen LogP contribution in [0, 0.1) is 17.8 Å². The summed E-state index contributed by atoms with van der Waals surface area (Å²) < 4.78 is 33.2. The Morgan fingerprint density at radius 1 is 1.29 bits per heavy atom. The second-order valence-corrected chi connectivity index (χ2v) is 8.20. The Hall–Kier alpha value is -1.19. The number of carbonyl (C=O) groups excluding carboxylic acids is 1. The molecule has 1 atom stereocenters. The van der Waals surface area contributed by atoms with Gasteiger partial charge in [0.25, 0.3) is 10.2 Å². The van der Waals surface area contributed by atoms with Crippen LogP contribution in [-0.2, 0) is 24.5 Å². The Labute approximate surface area is 143 Å². The van der Waals surface area contributed by atoms with Gasteiger partial charge in [0, 0.05) is 19.6 Å². The van der Waals surface area contributed by atoms with Crippen LogP contribution >= 0.6 is 0 Å². The molecule has 0 amide bonds. The first kappa shape index (κ1) is 20.9. The normalized spacial score (nSPS) is 18.5. The van der Waals surface area contributed by atoms with Crippen LogP contribution in [-0.4, -0.2) is 56.0 Å². The molecule has 1 heterocycles. The lowest BCUT2D eigenvalue weighted by Crippen LogP contribution is -2.47. The molecule has 0 bridgehead atoms. The molecule has 0 radical (unpaired) electrons. The minimum atomic E-state index is -3.74. The summed E-state index contributed by atoms with van der Waals surface area (Å²) in [5.41, 5.74) is 0. The maximum atomic E-state index is 12.3. The van der Waals surface area contributed by atoms with Crippen LogP contribution in [0.4, 0.5) is 0 Å². The molecule has 0 aliphatic carbocycles. The first-order chi connectivity index (χ1) is 11.2. The van der Waals surface area contributed by atoms with E-state index in [1.54, 1.807) is 6.92 Å². The fraction of sp³-hybridized carbons (Fsp3) is 0.867. The number of rotatable bonds is 9. The van der Waals surface area contributed by atoms with Crippen molar-refractivity contribution in [1.82, 2.24) is 9.03 Å². The van der Waals surface area contributed by atoms with Crippen molar-refractivity contribution in [3.63, 3.8) is 0 Å². The van der Waals surface area contributed by atoms with Gasteiger partial charge in [-0.3, -0.25) is 9.59 Å². The molecular formula is C15H28N2O6S. The van der Waals surface area contributed by atoms with E-state index in [1.807, 2.05) is 13.8 Å². The van der Waals surface area contributed by atoms with Crippen molar-refractivity contribution in [3.8, 4) is 0 Å².